The van der Waals surface area contributed by atoms with Crippen LogP contribution in [0.15, 0.2) is 24.8 Å². The molecular weight excluding hydrogens is 182 g/mol. The third-order valence-electron chi connectivity index (χ3n) is 1.47. The fourth-order valence-corrected chi connectivity index (χ4v) is 0.388. The first kappa shape index (κ1) is 14.9. The van der Waals surface area contributed by atoms with Crippen LogP contribution in [-0.4, -0.2) is 24.9 Å². The second-order valence-corrected chi connectivity index (χ2v) is 2.51. The summed E-state index contributed by atoms with van der Waals surface area (Å²) in [6.45, 7) is 8.40. The van der Waals surface area contributed by atoms with Gasteiger partial charge in [0.1, 0.15) is 0 Å². The van der Waals surface area contributed by atoms with E-state index in [1.807, 2.05) is 6.92 Å². The van der Waals surface area contributed by atoms with Gasteiger partial charge in [-0.05, 0) is 20.0 Å². The van der Waals surface area contributed by atoms with Gasteiger partial charge in [-0.1, -0.05) is 13.2 Å². The van der Waals surface area contributed by atoms with Crippen LogP contribution in [0, 0.1) is 0 Å². The van der Waals surface area contributed by atoms with Crippen molar-refractivity contribution in [3.63, 3.8) is 0 Å². The van der Waals surface area contributed by atoms with E-state index in [-0.39, 0.29) is 6.04 Å². The number of carbonyl (C=O) groups excluding carboxylic acids is 2. The lowest BCUT2D eigenvalue weighted by atomic mass is 10.1. The topological polar surface area (TPSA) is 98.2 Å². The lowest BCUT2D eigenvalue weighted by Crippen LogP contribution is -2.30. The third-order valence-corrected chi connectivity index (χ3v) is 1.47. The van der Waals surface area contributed by atoms with Gasteiger partial charge in [0.2, 0.25) is 11.8 Å². The number of primary amides is 2. The smallest absolute Gasteiger partial charge is 0.245 e. The molecule has 5 N–H and O–H groups in total. The second-order valence-electron chi connectivity index (χ2n) is 2.51. The minimum atomic E-state index is -0.481. The number of rotatable bonds is 4. The van der Waals surface area contributed by atoms with Crippen molar-refractivity contribution in [1.29, 1.82) is 0 Å². The van der Waals surface area contributed by atoms with Crippen molar-refractivity contribution in [1.82, 2.24) is 5.32 Å². The van der Waals surface area contributed by atoms with E-state index < -0.39 is 11.8 Å². The normalized spacial score (nSPS) is 10.4. The van der Waals surface area contributed by atoms with Crippen molar-refractivity contribution in [2.45, 2.75) is 13.0 Å². The molecule has 1 unspecified atom stereocenters. The Labute approximate surface area is 83.8 Å². The second kappa shape index (κ2) is 8.00. The van der Waals surface area contributed by atoms with Crippen LogP contribution in [0.1, 0.15) is 6.92 Å². The van der Waals surface area contributed by atoms with Crippen molar-refractivity contribution in [2.75, 3.05) is 7.05 Å². The van der Waals surface area contributed by atoms with Crippen LogP contribution in [-0.2, 0) is 9.59 Å². The van der Waals surface area contributed by atoms with E-state index in [0.29, 0.717) is 5.57 Å². The van der Waals surface area contributed by atoms with Gasteiger partial charge in [-0.3, -0.25) is 9.59 Å². The van der Waals surface area contributed by atoms with E-state index in [2.05, 4.69) is 24.2 Å². The molecule has 0 saturated heterocycles. The van der Waals surface area contributed by atoms with Crippen LogP contribution in [0.5, 0.6) is 0 Å². The quantitative estimate of drug-likeness (QED) is 0.522. The van der Waals surface area contributed by atoms with Crippen LogP contribution >= 0.6 is 0 Å². The van der Waals surface area contributed by atoms with E-state index in [9.17, 15) is 9.59 Å². The Bertz CT molecular complexity index is 236. The van der Waals surface area contributed by atoms with Crippen LogP contribution in [0.3, 0.4) is 0 Å². The molecule has 0 aromatic rings. The maximum atomic E-state index is 10.4. The van der Waals surface area contributed by atoms with Gasteiger partial charge in [-0.2, -0.15) is 0 Å². The maximum Gasteiger partial charge on any atom is 0.245 e. The van der Waals surface area contributed by atoms with Gasteiger partial charge >= 0.3 is 0 Å². The Morgan fingerprint density at radius 1 is 1.43 bits per heavy atom. The standard InChI is InChI=1S/C6H12N2O.C3H5NO/c1-4(6(7)9)5(2)8-3;1-2-3(4)5/h5,8H,1H2,2-3H3,(H2,7,9);2H,1H2,(H2,4,5). The van der Waals surface area contributed by atoms with Gasteiger partial charge in [0.15, 0.2) is 0 Å². The molecule has 5 heteroatoms. The summed E-state index contributed by atoms with van der Waals surface area (Å²) < 4.78 is 0. The van der Waals surface area contributed by atoms with E-state index >= 15 is 0 Å². The van der Waals surface area contributed by atoms with Crippen LogP contribution in [0.2, 0.25) is 0 Å². The molecule has 0 aromatic carbocycles. The molecule has 5 nitrogen and oxygen atoms in total. The molecule has 0 saturated carbocycles. The SMILES string of the molecule is C=C(C(N)=O)C(C)NC.C=CC(N)=O. The number of hydrogen-bond acceptors (Lipinski definition) is 3. The highest BCUT2D eigenvalue weighted by Gasteiger charge is 2.07. The Hall–Kier alpha value is -1.62. The molecule has 1 atom stereocenters. The maximum absolute atomic E-state index is 10.4. The largest absolute Gasteiger partial charge is 0.366 e. The minimum absolute atomic E-state index is 0.0255. The van der Waals surface area contributed by atoms with E-state index in [4.69, 9.17) is 5.73 Å². The molecule has 14 heavy (non-hydrogen) atoms. The van der Waals surface area contributed by atoms with Crippen molar-refractivity contribution < 1.29 is 9.59 Å². The number of hydrogen-bond donors (Lipinski definition) is 3. The fraction of sp³-hybridized carbons (Fsp3) is 0.333. The van der Waals surface area contributed by atoms with Gasteiger partial charge < -0.3 is 16.8 Å². The number of amides is 2. The summed E-state index contributed by atoms with van der Waals surface area (Å²) in [4.78, 5) is 19.9. The first-order valence-electron chi connectivity index (χ1n) is 3.94. The highest BCUT2D eigenvalue weighted by Crippen LogP contribution is 1.94. The van der Waals surface area contributed by atoms with Gasteiger partial charge in [-0.25, -0.2) is 0 Å². The zero-order valence-electron chi connectivity index (χ0n) is 8.54. The van der Waals surface area contributed by atoms with E-state index in [1.54, 1.807) is 7.05 Å². The van der Waals surface area contributed by atoms with Crippen molar-refractivity contribution in [3.8, 4) is 0 Å². The highest BCUT2D eigenvalue weighted by atomic mass is 16.1. The van der Waals surface area contributed by atoms with Crippen LogP contribution in [0.25, 0.3) is 0 Å². The number of nitrogens with one attached hydrogen (secondary N) is 1. The first-order chi connectivity index (χ1) is 6.36. The molecule has 2 amide bonds. The zero-order chi connectivity index (χ0) is 11.7. The molecule has 0 radical (unpaired) electrons. The molecule has 0 aliphatic heterocycles. The Kier molecular flexibility index (Phi) is 8.50. The average molecular weight is 199 g/mol. The van der Waals surface area contributed by atoms with Gasteiger partial charge in [0, 0.05) is 11.6 Å². The van der Waals surface area contributed by atoms with Crippen molar-refractivity contribution in [3.05, 3.63) is 24.8 Å². The lowest BCUT2D eigenvalue weighted by Gasteiger charge is -2.08. The van der Waals surface area contributed by atoms with Crippen molar-refractivity contribution >= 4 is 11.8 Å². The summed E-state index contributed by atoms with van der Waals surface area (Å²) in [5.74, 6) is -0.929. The highest BCUT2D eigenvalue weighted by molar-refractivity contribution is 5.92. The molecule has 0 aliphatic rings. The number of nitrogens with two attached hydrogens (primary N) is 2. The number of likely N-dealkylation sites (N-methyl/N-ethyl adjacent to an activating group) is 1. The Morgan fingerprint density at radius 3 is 1.86 bits per heavy atom. The minimum Gasteiger partial charge on any atom is -0.366 e. The van der Waals surface area contributed by atoms with E-state index in [0.717, 1.165) is 6.08 Å². The van der Waals surface area contributed by atoms with Gasteiger partial charge in [0.05, 0.1) is 0 Å². The Balaban J connectivity index is 0. The van der Waals surface area contributed by atoms with Gasteiger partial charge in [0.25, 0.3) is 0 Å². The predicted molar refractivity (Wildman–Crippen MR) is 56.2 cm³/mol. The summed E-state index contributed by atoms with van der Waals surface area (Å²) in [6, 6.07) is -0.0255. The summed E-state index contributed by atoms with van der Waals surface area (Å²) in [5.41, 5.74) is 9.88. The summed E-state index contributed by atoms with van der Waals surface area (Å²) in [7, 11) is 1.75. The average Bonchev–Trinajstić information content (AvgIpc) is 2.16. The molecular formula is C9H17N3O2. The zero-order valence-corrected chi connectivity index (χ0v) is 8.54. The van der Waals surface area contributed by atoms with Crippen molar-refractivity contribution in [2.24, 2.45) is 11.5 Å². The lowest BCUT2D eigenvalue weighted by molar-refractivity contribution is -0.115. The molecule has 0 heterocycles. The molecule has 0 bridgehead atoms. The summed E-state index contributed by atoms with van der Waals surface area (Å²) in [5, 5.41) is 2.85. The van der Waals surface area contributed by atoms with Gasteiger partial charge in [-0.15, -0.1) is 0 Å². The molecule has 0 spiro atoms. The monoisotopic (exact) mass is 199 g/mol. The molecule has 80 valence electrons. The van der Waals surface area contributed by atoms with Crippen LogP contribution in [0.4, 0.5) is 0 Å². The molecule has 0 aliphatic carbocycles. The summed E-state index contributed by atoms with van der Waals surface area (Å²) in [6.07, 6.45) is 1.06. The van der Waals surface area contributed by atoms with Crippen LogP contribution < -0.4 is 16.8 Å². The fourth-order valence-electron chi connectivity index (χ4n) is 0.388. The predicted octanol–water partition coefficient (Wildman–Crippen LogP) is -0.706. The van der Waals surface area contributed by atoms with E-state index in [1.165, 1.54) is 0 Å². The Morgan fingerprint density at radius 2 is 1.79 bits per heavy atom. The molecule has 0 aromatic heterocycles. The number of carbonyl (C=O) groups is 2. The third kappa shape index (κ3) is 8.48. The molecule has 0 fully saturated rings. The molecule has 0 rings (SSSR count). The summed E-state index contributed by atoms with van der Waals surface area (Å²) >= 11 is 0. The first-order valence-corrected chi connectivity index (χ1v) is 3.94.